The van der Waals surface area contributed by atoms with Crippen LogP contribution in [0.5, 0.6) is 0 Å². The lowest BCUT2D eigenvalue weighted by Crippen LogP contribution is -2.33. The number of sulfonamides is 1. The Bertz CT molecular complexity index is 712. The van der Waals surface area contributed by atoms with Crippen molar-refractivity contribution >= 4 is 10.0 Å². The number of aryl methyl sites for hydroxylation is 2. The third kappa shape index (κ3) is 3.69. The highest BCUT2D eigenvalue weighted by atomic mass is 32.2. The van der Waals surface area contributed by atoms with E-state index in [0.717, 1.165) is 16.7 Å². The second kappa shape index (κ2) is 6.39. The Balaban J connectivity index is 2.29. The van der Waals surface area contributed by atoms with E-state index in [1.54, 1.807) is 12.1 Å². The minimum absolute atomic E-state index is 0.202. The Morgan fingerprint density at radius 2 is 1.71 bits per heavy atom. The molecule has 0 bridgehead atoms. The van der Waals surface area contributed by atoms with Crippen LogP contribution in [0.1, 0.15) is 22.7 Å². The summed E-state index contributed by atoms with van der Waals surface area (Å²) in [5, 5.41) is 0. The predicted octanol–water partition coefficient (Wildman–Crippen LogP) is 2.28. The monoisotopic (exact) mass is 304 g/mol. The van der Waals surface area contributed by atoms with Gasteiger partial charge in [0.25, 0.3) is 0 Å². The van der Waals surface area contributed by atoms with Gasteiger partial charge < -0.3 is 5.73 Å². The van der Waals surface area contributed by atoms with E-state index >= 15 is 0 Å². The summed E-state index contributed by atoms with van der Waals surface area (Å²) < 4.78 is 27.6. The molecular weight excluding hydrogens is 284 g/mol. The van der Waals surface area contributed by atoms with E-state index in [1.165, 1.54) is 0 Å². The van der Waals surface area contributed by atoms with Gasteiger partial charge in [0.1, 0.15) is 0 Å². The van der Waals surface area contributed by atoms with Crippen LogP contribution < -0.4 is 10.5 Å². The van der Waals surface area contributed by atoms with Crippen molar-refractivity contribution in [2.24, 2.45) is 5.73 Å². The number of nitrogens with one attached hydrogen (secondary N) is 1. The SMILES string of the molecule is Cc1ccc(S(=O)(=O)NC(CN)c2ccccc2)cc1C. The van der Waals surface area contributed by atoms with E-state index in [4.69, 9.17) is 5.73 Å². The van der Waals surface area contributed by atoms with Gasteiger partial charge in [0.2, 0.25) is 10.0 Å². The molecule has 5 heteroatoms. The van der Waals surface area contributed by atoms with Gasteiger partial charge in [0.05, 0.1) is 10.9 Å². The summed E-state index contributed by atoms with van der Waals surface area (Å²) in [4.78, 5) is 0.264. The molecular formula is C16H20N2O2S. The fourth-order valence-corrected chi connectivity index (χ4v) is 3.40. The molecule has 0 fully saturated rings. The first-order chi connectivity index (χ1) is 9.94. The zero-order valence-corrected chi connectivity index (χ0v) is 13.0. The number of rotatable bonds is 5. The van der Waals surface area contributed by atoms with Crippen molar-refractivity contribution in [3.63, 3.8) is 0 Å². The van der Waals surface area contributed by atoms with Gasteiger partial charge >= 0.3 is 0 Å². The van der Waals surface area contributed by atoms with Gasteiger partial charge in [-0.1, -0.05) is 36.4 Å². The molecule has 0 amide bonds. The van der Waals surface area contributed by atoms with Crippen molar-refractivity contribution in [3.05, 3.63) is 65.2 Å². The maximum Gasteiger partial charge on any atom is 0.241 e. The predicted molar refractivity (Wildman–Crippen MR) is 84.5 cm³/mol. The zero-order valence-electron chi connectivity index (χ0n) is 12.2. The molecule has 2 aromatic rings. The smallest absolute Gasteiger partial charge is 0.241 e. The van der Waals surface area contributed by atoms with Gasteiger partial charge in [0, 0.05) is 6.54 Å². The van der Waals surface area contributed by atoms with Gasteiger partial charge in [-0.2, -0.15) is 0 Å². The topological polar surface area (TPSA) is 72.2 Å². The summed E-state index contributed by atoms with van der Waals surface area (Å²) >= 11 is 0. The molecule has 1 atom stereocenters. The van der Waals surface area contributed by atoms with Crippen LogP contribution in [0.15, 0.2) is 53.4 Å². The normalized spacial score (nSPS) is 13.1. The van der Waals surface area contributed by atoms with Crippen LogP contribution >= 0.6 is 0 Å². The molecule has 0 saturated carbocycles. The van der Waals surface area contributed by atoms with E-state index in [9.17, 15) is 8.42 Å². The minimum atomic E-state index is -3.59. The molecule has 0 saturated heterocycles. The molecule has 112 valence electrons. The highest BCUT2D eigenvalue weighted by Gasteiger charge is 2.20. The van der Waals surface area contributed by atoms with Crippen molar-refractivity contribution in [3.8, 4) is 0 Å². The maximum atomic E-state index is 12.5. The lowest BCUT2D eigenvalue weighted by Gasteiger charge is -2.17. The third-order valence-corrected chi connectivity index (χ3v) is 4.99. The fraction of sp³-hybridized carbons (Fsp3) is 0.250. The van der Waals surface area contributed by atoms with E-state index in [1.807, 2.05) is 50.2 Å². The quantitative estimate of drug-likeness (QED) is 0.890. The van der Waals surface area contributed by atoms with Gasteiger partial charge in [-0.25, -0.2) is 13.1 Å². The van der Waals surface area contributed by atoms with Crippen molar-refractivity contribution in [2.45, 2.75) is 24.8 Å². The summed E-state index contributed by atoms with van der Waals surface area (Å²) in [6.07, 6.45) is 0. The third-order valence-electron chi connectivity index (χ3n) is 3.52. The standard InChI is InChI=1S/C16H20N2O2S/c1-12-8-9-15(10-13(12)2)21(19,20)18-16(11-17)14-6-4-3-5-7-14/h3-10,16,18H,11,17H2,1-2H3. The second-order valence-corrected chi connectivity index (χ2v) is 6.78. The molecule has 3 N–H and O–H groups in total. The first-order valence-corrected chi connectivity index (χ1v) is 8.27. The summed E-state index contributed by atoms with van der Waals surface area (Å²) in [7, 11) is -3.59. The first kappa shape index (κ1) is 15.7. The Morgan fingerprint density at radius 1 is 1.05 bits per heavy atom. The first-order valence-electron chi connectivity index (χ1n) is 6.78. The van der Waals surface area contributed by atoms with Crippen molar-refractivity contribution in [1.82, 2.24) is 4.72 Å². The Morgan fingerprint density at radius 3 is 2.29 bits per heavy atom. The highest BCUT2D eigenvalue weighted by molar-refractivity contribution is 7.89. The molecule has 2 rings (SSSR count). The number of benzene rings is 2. The van der Waals surface area contributed by atoms with Crippen molar-refractivity contribution in [1.29, 1.82) is 0 Å². The van der Waals surface area contributed by atoms with Gasteiger partial charge in [-0.15, -0.1) is 0 Å². The van der Waals surface area contributed by atoms with Crippen LogP contribution in [0.2, 0.25) is 0 Å². The molecule has 0 aliphatic carbocycles. The summed E-state index contributed by atoms with van der Waals surface area (Å²) in [5.74, 6) is 0. The Labute approximate surface area is 126 Å². The molecule has 0 aliphatic rings. The average Bonchev–Trinajstić information content (AvgIpc) is 2.48. The molecule has 0 spiro atoms. The van der Waals surface area contributed by atoms with E-state index < -0.39 is 16.1 Å². The number of nitrogens with two attached hydrogens (primary N) is 1. The van der Waals surface area contributed by atoms with Crippen LogP contribution in [0.4, 0.5) is 0 Å². The molecule has 1 unspecified atom stereocenters. The highest BCUT2D eigenvalue weighted by Crippen LogP contribution is 2.18. The Hall–Kier alpha value is -1.69. The van der Waals surface area contributed by atoms with E-state index in [2.05, 4.69) is 4.72 Å². The summed E-state index contributed by atoms with van der Waals surface area (Å²) in [6, 6.07) is 14.0. The average molecular weight is 304 g/mol. The fourth-order valence-electron chi connectivity index (χ4n) is 2.07. The summed E-state index contributed by atoms with van der Waals surface area (Å²) in [6.45, 7) is 4.05. The second-order valence-electron chi connectivity index (χ2n) is 5.07. The van der Waals surface area contributed by atoms with Crippen LogP contribution in [-0.4, -0.2) is 15.0 Å². The molecule has 0 aliphatic heterocycles. The maximum absolute atomic E-state index is 12.5. The van der Waals surface area contributed by atoms with Gasteiger partial charge in [0.15, 0.2) is 0 Å². The van der Waals surface area contributed by atoms with Crippen molar-refractivity contribution < 1.29 is 8.42 Å². The Kier molecular flexibility index (Phi) is 4.77. The van der Waals surface area contributed by atoms with E-state index in [0.29, 0.717) is 0 Å². The number of hydrogen-bond acceptors (Lipinski definition) is 3. The molecule has 2 aromatic carbocycles. The van der Waals surface area contributed by atoms with Crippen LogP contribution in [0.3, 0.4) is 0 Å². The molecule has 4 nitrogen and oxygen atoms in total. The minimum Gasteiger partial charge on any atom is -0.329 e. The van der Waals surface area contributed by atoms with Crippen molar-refractivity contribution in [2.75, 3.05) is 6.54 Å². The molecule has 0 aromatic heterocycles. The molecule has 0 radical (unpaired) electrons. The number of hydrogen-bond donors (Lipinski definition) is 2. The lowest BCUT2D eigenvalue weighted by molar-refractivity contribution is 0.558. The zero-order chi connectivity index (χ0) is 15.5. The lowest BCUT2D eigenvalue weighted by atomic mass is 10.1. The largest absolute Gasteiger partial charge is 0.329 e. The van der Waals surface area contributed by atoms with Crippen LogP contribution in [0, 0.1) is 13.8 Å². The molecule has 21 heavy (non-hydrogen) atoms. The van der Waals surface area contributed by atoms with Crippen LogP contribution in [-0.2, 0) is 10.0 Å². The van der Waals surface area contributed by atoms with E-state index in [-0.39, 0.29) is 11.4 Å². The van der Waals surface area contributed by atoms with Gasteiger partial charge in [-0.05, 0) is 42.7 Å². The van der Waals surface area contributed by atoms with Crippen LogP contribution in [0.25, 0.3) is 0 Å². The summed E-state index contributed by atoms with van der Waals surface area (Å²) in [5.41, 5.74) is 8.58. The molecule has 0 heterocycles. The van der Waals surface area contributed by atoms with Gasteiger partial charge in [-0.3, -0.25) is 0 Å².